The van der Waals surface area contributed by atoms with Crippen molar-refractivity contribution in [3.8, 4) is 0 Å². The van der Waals surface area contributed by atoms with Crippen molar-refractivity contribution in [1.82, 2.24) is 14.9 Å². The molecule has 0 amide bonds. The zero-order valence-corrected chi connectivity index (χ0v) is 8.94. The van der Waals surface area contributed by atoms with Crippen molar-refractivity contribution in [3.05, 3.63) is 18.2 Å². The first kappa shape index (κ1) is 11.5. The highest BCUT2D eigenvalue weighted by molar-refractivity contribution is 5.09. The van der Waals surface area contributed by atoms with Crippen LogP contribution in [0.15, 0.2) is 12.5 Å². The second-order valence-electron chi connectivity index (χ2n) is 4.04. The molecule has 16 heavy (non-hydrogen) atoms. The van der Waals surface area contributed by atoms with Gasteiger partial charge in [-0.05, 0) is 12.8 Å². The fourth-order valence-corrected chi connectivity index (χ4v) is 1.78. The lowest BCUT2D eigenvalue weighted by Crippen LogP contribution is -2.33. The van der Waals surface area contributed by atoms with E-state index < -0.39 is 6.43 Å². The number of rotatable bonds is 6. The van der Waals surface area contributed by atoms with Crippen LogP contribution in [-0.2, 0) is 0 Å². The molecule has 1 unspecified atom stereocenters. The lowest BCUT2D eigenvalue weighted by atomic mass is 10.2. The molecule has 1 heterocycles. The lowest BCUT2D eigenvalue weighted by molar-refractivity contribution is 0.141. The molecule has 1 fully saturated rings. The van der Waals surface area contributed by atoms with E-state index in [1.807, 2.05) is 4.57 Å². The monoisotopic (exact) mass is 230 g/mol. The number of imidazole rings is 1. The predicted molar refractivity (Wildman–Crippen MR) is 56.3 cm³/mol. The fourth-order valence-electron chi connectivity index (χ4n) is 1.78. The van der Waals surface area contributed by atoms with Gasteiger partial charge in [0.2, 0.25) is 0 Å². The third-order valence-electron chi connectivity index (χ3n) is 2.75. The largest absolute Gasteiger partial charge is 0.330 e. The molecule has 1 aromatic rings. The number of halogens is 2. The highest BCUT2D eigenvalue weighted by Crippen LogP contribution is 2.36. The van der Waals surface area contributed by atoms with Crippen molar-refractivity contribution >= 4 is 0 Å². The maximum Gasteiger partial charge on any atom is 0.250 e. The maximum absolute atomic E-state index is 12.1. The van der Waals surface area contributed by atoms with E-state index in [0.29, 0.717) is 12.6 Å². The van der Waals surface area contributed by atoms with Gasteiger partial charge in [0, 0.05) is 18.8 Å². The van der Waals surface area contributed by atoms with E-state index >= 15 is 0 Å². The summed E-state index contributed by atoms with van der Waals surface area (Å²) >= 11 is 0. The van der Waals surface area contributed by atoms with Crippen LogP contribution in [0.2, 0.25) is 0 Å². The van der Waals surface area contributed by atoms with Gasteiger partial charge < -0.3 is 15.6 Å². The van der Waals surface area contributed by atoms with E-state index in [1.54, 1.807) is 12.5 Å². The standard InChI is InChI=1S/C10H16F2N4/c11-10(12)5-15-8(3-13)9-4-14-6-16(9)7-1-2-7/h4,6-8,10,15H,1-3,5,13H2. The van der Waals surface area contributed by atoms with E-state index in [4.69, 9.17) is 5.73 Å². The lowest BCUT2D eigenvalue weighted by Gasteiger charge is -2.18. The second-order valence-corrected chi connectivity index (χ2v) is 4.04. The number of nitrogens with two attached hydrogens (primary N) is 1. The van der Waals surface area contributed by atoms with Gasteiger partial charge in [0.15, 0.2) is 0 Å². The topological polar surface area (TPSA) is 55.9 Å². The Morgan fingerprint density at radius 3 is 2.88 bits per heavy atom. The Labute approximate surface area is 92.8 Å². The minimum Gasteiger partial charge on any atom is -0.330 e. The Bertz CT molecular complexity index is 335. The summed E-state index contributed by atoms with van der Waals surface area (Å²) in [5.74, 6) is 0. The quantitative estimate of drug-likeness (QED) is 0.768. The van der Waals surface area contributed by atoms with Gasteiger partial charge >= 0.3 is 0 Å². The normalized spacial score (nSPS) is 18.0. The summed E-state index contributed by atoms with van der Waals surface area (Å²) < 4.78 is 26.3. The molecular formula is C10H16F2N4. The molecule has 1 atom stereocenters. The van der Waals surface area contributed by atoms with E-state index in [2.05, 4.69) is 10.3 Å². The Hall–Kier alpha value is -1.01. The molecular weight excluding hydrogens is 214 g/mol. The molecule has 4 nitrogen and oxygen atoms in total. The number of nitrogens with one attached hydrogen (secondary N) is 1. The molecule has 6 heteroatoms. The van der Waals surface area contributed by atoms with E-state index in [9.17, 15) is 8.78 Å². The smallest absolute Gasteiger partial charge is 0.250 e. The van der Waals surface area contributed by atoms with Crippen LogP contribution in [-0.4, -0.2) is 29.1 Å². The first-order valence-corrected chi connectivity index (χ1v) is 5.45. The van der Waals surface area contributed by atoms with Gasteiger partial charge in [-0.1, -0.05) is 0 Å². The zero-order valence-electron chi connectivity index (χ0n) is 8.94. The Balaban J connectivity index is 2.03. The van der Waals surface area contributed by atoms with E-state index in [-0.39, 0.29) is 12.6 Å². The minimum absolute atomic E-state index is 0.239. The van der Waals surface area contributed by atoms with Crippen LogP contribution in [0.3, 0.4) is 0 Å². The number of alkyl halides is 2. The Kier molecular flexibility index (Phi) is 3.50. The molecule has 0 bridgehead atoms. The zero-order chi connectivity index (χ0) is 11.5. The number of hydrogen-bond acceptors (Lipinski definition) is 3. The predicted octanol–water partition coefficient (Wildman–Crippen LogP) is 1.07. The van der Waals surface area contributed by atoms with Crippen LogP contribution >= 0.6 is 0 Å². The van der Waals surface area contributed by atoms with Crippen LogP contribution in [0.25, 0.3) is 0 Å². The van der Waals surface area contributed by atoms with Crippen molar-refractivity contribution in [3.63, 3.8) is 0 Å². The van der Waals surface area contributed by atoms with Gasteiger partial charge in [0.1, 0.15) is 0 Å². The molecule has 0 radical (unpaired) electrons. The maximum atomic E-state index is 12.1. The molecule has 0 spiro atoms. The van der Waals surface area contributed by atoms with Crippen molar-refractivity contribution in [2.75, 3.05) is 13.1 Å². The van der Waals surface area contributed by atoms with Crippen LogP contribution in [0.5, 0.6) is 0 Å². The summed E-state index contributed by atoms with van der Waals surface area (Å²) in [5, 5.41) is 2.76. The fraction of sp³-hybridized carbons (Fsp3) is 0.700. The Morgan fingerprint density at radius 2 is 2.31 bits per heavy atom. The third kappa shape index (κ3) is 2.56. The van der Waals surface area contributed by atoms with E-state index in [0.717, 1.165) is 18.5 Å². The number of nitrogens with zero attached hydrogens (tertiary/aromatic N) is 2. The van der Waals surface area contributed by atoms with Crippen LogP contribution in [0.4, 0.5) is 8.78 Å². The van der Waals surface area contributed by atoms with Crippen molar-refractivity contribution in [2.45, 2.75) is 31.4 Å². The van der Waals surface area contributed by atoms with Gasteiger partial charge in [-0.15, -0.1) is 0 Å². The molecule has 0 aliphatic heterocycles. The van der Waals surface area contributed by atoms with Gasteiger partial charge in [0.05, 0.1) is 24.6 Å². The molecule has 1 aliphatic rings. The molecule has 3 N–H and O–H groups in total. The summed E-state index contributed by atoms with van der Waals surface area (Å²) in [6, 6.07) is 0.247. The second kappa shape index (κ2) is 4.88. The summed E-state index contributed by atoms with van der Waals surface area (Å²) in [5.41, 5.74) is 6.50. The number of aromatic nitrogens is 2. The molecule has 90 valence electrons. The SMILES string of the molecule is NCC(NCC(F)F)c1cncn1C1CC1. The highest BCUT2D eigenvalue weighted by Gasteiger charge is 2.27. The Morgan fingerprint density at radius 1 is 1.56 bits per heavy atom. The first-order chi connectivity index (χ1) is 7.72. The minimum atomic E-state index is -2.36. The number of hydrogen-bond donors (Lipinski definition) is 2. The molecule has 1 aromatic heterocycles. The summed E-state index contributed by atoms with van der Waals surface area (Å²) in [4.78, 5) is 4.06. The molecule has 1 saturated carbocycles. The first-order valence-electron chi connectivity index (χ1n) is 5.45. The highest BCUT2D eigenvalue weighted by atomic mass is 19.3. The van der Waals surface area contributed by atoms with Crippen molar-refractivity contribution < 1.29 is 8.78 Å². The van der Waals surface area contributed by atoms with Gasteiger partial charge in [0.25, 0.3) is 6.43 Å². The third-order valence-corrected chi connectivity index (χ3v) is 2.75. The van der Waals surface area contributed by atoms with Gasteiger partial charge in [-0.2, -0.15) is 0 Å². The van der Waals surface area contributed by atoms with Crippen molar-refractivity contribution in [2.24, 2.45) is 5.73 Å². The molecule has 0 saturated heterocycles. The summed E-state index contributed by atoms with van der Waals surface area (Å²) in [6.45, 7) is -0.0388. The van der Waals surface area contributed by atoms with Gasteiger partial charge in [-0.3, -0.25) is 0 Å². The van der Waals surface area contributed by atoms with Crippen LogP contribution in [0.1, 0.15) is 30.6 Å². The van der Waals surface area contributed by atoms with Crippen molar-refractivity contribution in [1.29, 1.82) is 0 Å². The average molecular weight is 230 g/mol. The van der Waals surface area contributed by atoms with Crippen LogP contribution < -0.4 is 11.1 Å². The van der Waals surface area contributed by atoms with Gasteiger partial charge in [-0.25, -0.2) is 13.8 Å². The summed E-state index contributed by atoms with van der Waals surface area (Å²) in [6.07, 6.45) is 3.37. The average Bonchev–Trinajstić information content (AvgIpc) is 2.99. The summed E-state index contributed by atoms with van der Waals surface area (Å²) in [7, 11) is 0. The molecule has 2 rings (SSSR count). The molecule has 0 aromatic carbocycles. The van der Waals surface area contributed by atoms with Crippen LogP contribution in [0, 0.1) is 0 Å². The molecule has 1 aliphatic carbocycles. The van der Waals surface area contributed by atoms with E-state index in [1.165, 1.54) is 0 Å².